The summed E-state index contributed by atoms with van der Waals surface area (Å²) in [4.78, 5) is 44.3. The molecule has 1 N–H and O–H groups in total. The maximum Gasteiger partial charge on any atom is 0.265 e. The van der Waals surface area contributed by atoms with Gasteiger partial charge in [0.05, 0.1) is 16.5 Å². The van der Waals surface area contributed by atoms with Crippen LogP contribution >= 0.6 is 0 Å². The van der Waals surface area contributed by atoms with Gasteiger partial charge >= 0.3 is 0 Å². The minimum Gasteiger partial charge on any atom is -0.351 e. The molecule has 156 valence electrons. The van der Waals surface area contributed by atoms with Gasteiger partial charge in [-0.2, -0.15) is 0 Å². The molecule has 0 unspecified atom stereocenters. The second-order valence-electron chi connectivity index (χ2n) is 7.85. The van der Waals surface area contributed by atoms with Gasteiger partial charge in [-0.25, -0.2) is 4.98 Å². The van der Waals surface area contributed by atoms with Crippen LogP contribution in [-0.4, -0.2) is 52.2 Å². The summed E-state index contributed by atoms with van der Waals surface area (Å²) >= 11 is 0. The number of rotatable bonds is 4. The molecule has 5 rings (SSSR count). The Balaban J connectivity index is 1.48. The van der Waals surface area contributed by atoms with Crippen LogP contribution in [0.2, 0.25) is 0 Å². The van der Waals surface area contributed by atoms with Gasteiger partial charge in [0.1, 0.15) is 5.78 Å². The maximum atomic E-state index is 13.1. The van der Waals surface area contributed by atoms with Gasteiger partial charge in [-0.15, -0.1) is 0 Å². The first kappa shape index (κ1) is 19.4. The van der Waals surface area contributed by atoms with E-state index < -0.39 is 0 Å². The molecule has 3 heterocycles. The van der Waals surface area contributed by atoms with Crippen LogP contribution in [0.3, 0.4) is 0 Å². The Morgan fingerprint density at radius 3 is 2.61 bits per heavy atom. The van der Waals surface area contributed by atoms with Gasteiger partial charge in [0, 0.05) is 50.6 Å². The molecule has 0 radical (unpaired) electrons. The Labute approximate surface area is 178 Å². The molecular weight excluding hydrogens is 392 g/mol. The summed E-state index contributed by atoms with van der Waals surface area (Å²) in [5, 5.41) is 5.33. The summed E-state index contributed by atoms with van der Waals surface area (Å²) in [6, 6.07) is 14.9. The molecule has 2 aromatic carbocycles. The Hall–Kier alpha value is -3.58. The van der Waals surface area contributed by atoms with Crippen molar-refractivity contribution in [2.75, 3.05) is 26.2 Å². The highest BCUT2D eigenvalue weighted by atomic mass is 16.2. The fourth-order valence-electron chi connectivity index (χ4n) is 4.19. The van der Waals surface area contributed by atoms with Crippen molar-refractivity contribution in [3.05, 3.63) is 70.6 Å². The van der Waals surface area contributed by atoms with Crippen LogP contribution in [0.4, 0.5) is 0 Å². The molecule has 1 aliphatic heterocycles. The number of likely N-dealkylation sites (tertiary alicyclic amines) is 1. The number of hydrogen-bond donors (Lipinski definition) is 1. The SMILES string of the molecule is O=C1CCN(CCNC(=O)c2cccn3c(=O)c4ccc5ccccc5c4nc23)CC1. The van der Waals surface area contributed by atoms with Crippen molar-refractivity contribution in [1.82, 2.24) is 19.6 Å². The minimum absolute atomic E-state index is 0.196. The first-order valence-corrected chi connectivity index (χ1v) is 10.5. The number of aromatic nitrogens is 2. The van der Waals surface area contributed by atoms with Crippen LogP contribution < -0.4 is 10.9 Å². The van der Waals surface area contributed by atoms with Crippen molar-refractivity contribution in [2.24, 2.45) is 0 Å². The molecular formula is C24H22N4O3. The predicted octanol–water partition coefficient (Wildman–Crippen LogP) is 2.40. The summed E-state index contributed by atoms with van der Waals surface area (Å²) in [5.41, 5.74) is 1.11. The molecule has 0 saturated carbocycles. The smallest absolute Gasteiger partial charge is 0.265 e. The van der Waals surface area contributed by atoms with Gasteiger partial charge < -0.3 is 10.2 Å². The number of Topliss-reactive ketones (excluding diaryl/α,β-unsaturated/α-hetero) is 1. The summed E-state index contributed by atoms with van der Waals surface area (Å²) in [5.74, 6) is 0.0324. The zero-order valence-corrected chi connectivity index (χ0v) is 17.0. The van der Waals surface area contributed by atoms with Gasteiger partial charge in [0.15, 0.2) is 5.65 Å². The largest absolute Gasteiger partial charge is 0.351 e. The number of hydrogen-bond acceptors (Lipinski definition) is 5. The summed E-state index contributed by atoms with van der Waals surface area (Å²) in [6.07, 6.45) is 2.79. The van der Waals surface area contributed by atoms with E-state index in [0.717, 1.165) is 23.9 Å². The van der Waals surface area contributed by atoms with Crippen molar-refractivity contribution in [3.63, 3.8) is 0 Å². The van der Waals surface area contributed by atoms with E-state index in [4.69, 9.17) is 4.98 Å². The lowest BCUT2D eigenvalue weighted by Crippen LogP contribution is -2.39. The van der Waals surface area contributed by atoms with Crippen LogP contribution in [0.25, 0.3) is 27.3 Å². The third kappa shape index (κ3) is 3.57. The van der Waals surface area contributed by atoms with Crippen LogP contribution in [0.5, 0.6) is 0 Å². The summed E-state index contributed by atoms with van der Waals surface area (Å²) < 4.78 is 1.43. The van der Waals surface area contributed by atoms with E-state index in [9.17, 15) is 14.4 Å². The van der Waals surface area contributed by atoms with Crippen molar-refractivity contribution < 1.29 is 9.59 Å². The van der Waals surface area contributed by atoms with E-state index in [-0.39, 0.29) is 11.5 Å². The third-order valence-electron chi connectivity index (χ3n) is 5.91. The van der Waals surface area contributed by atoms with Crippen LogP contribution in [-0.2, 0) is 4.79 Å². The first-order valence-electron chi connectivity index (χ1n) is 10.5. The number of pyridine rings is 1. The Bertz CT molecular complexity index is 1380. The van der Waals surface area contributed by atoms with Gasteiger partial charge in [-0.3, -0.25) is 18.8 Å². The van der Waals surface area contributed by atoms with Crippen molar-refractivity contribution >= 4 is 39.0 Å². The summed E-state index contributed by atoms with van der Waals surface area (Å²) in [6.45, 7) is 2.62. The number of carbonyl (C=O) groups is 2. The Kier molecular flexibility index (Phi) is 4.95. The number of ketones is 1. The van der Waals surface area contributed by atoms with E-state index in [1.54, 1.807) is 24.4 Å². The topological polar surface area (TPSA) is 83.8 Å². The Morgan fingerprint density at radius 1 is 0.968 bits per heavy atom. The second-order valence-corrected chi connectivity index (χ2v) is 7.85. The number of carbonyl (C=O) groups excluding carboxylic acids is 2. The van der Waals surface area contributed by atoms with Crippen molar-refractivity contribution in [1.29, 1.82) is 0 Å². The average molecular weight is 414 g/mol. The molecule has 0 aliphatic carbocycles. The highest BCUT2D eigenvalue weighted by Crippen LogP contribution is 2.23. The van der Waals surface area contributed by atoms with Gasteiger partial charge in [0.25, 0.3) is 11.5 Å². The van der Waals surface area contributed by atoms with E-state index in [1.807, 2.05) is 30.3 Å². The molecule has 1 aliphatic rings. The van der Waals surface area contributed by atoms with Crippen molar-refractivity contribution in [2.45, 2.75) is 12.8 Å². The highest BCUT2D eigenvalue weighted by molar-refractivity contribution is 6.07. The predicted molar refractivity (Wildman–Crippen MR) is 119 cm³/mol. The zero-order valence-electron chi connectivity index (χ0n) is 17.0. The minimum atomic E-state index is -0.266. The van der Waals surface area contributed by atoms with Crippen LogP contribution in [0, 0.1) is 0 Å². The highest BCUT2D eigenvalue weighted by Gasteiger charge is 2.18. The van der Waals surface area contributed by atoms with E-state index in [2.05, 4.69) is 10.2 Å². The number of fused-ring (bicyclic) bond motifs is 4. The van der Waals surface area contributed by atoms with E-state index in [1.165, 1.54) is 4.40 Å². The number of benzene rings is 2. The fraction of sp³-hybridized carbons (Fsp3) is 0.250. The molecule has 7 heteroatoms. The Morgan fingerprint density at radius 2 is 1.77 bits per heavy atom. The molecule has 7 nitrogen and oxygen atoms in total. The zero-order chi connectivity index (χ0) is 21.4. The molecule has 31 heavy (non-hydrogen) atoms. The third-order valence-corrected chi connectivity index (χ3v) is 5.91. The second kappa shape index (κ2) is 7.92. The number of nitrogens with zero attached hydrogens (tertiary/aromatic N) is 3. The normalized spacial score (nSPS) is 15.0. The molecule has 0 spiro atoms. The van der Waals surface area contributed by atoms with Gasteiger partial charge in [0.2, 0.25) is 0 Å². The van der Waals surface area contributed by atoms with Gasteiger partial charge in [-0.1, -0.05) is 30.3 Å². The van der Waals surface area contributed by atoms with E-state index >= 15 is 0 Å². The summed E-state index contributed by atoms with van der Waals surface area (Å²) in [7, 11) is 0. The maximum absolute atomic E-state index is 13.1. The number of nitrogens with one attached hydrogen (secondary N) is 1. The molecule has 0 atom stereocenters. The standard InChI is InChI=1S/C24H22N4O3/c29-17-9-13-27(14-10-17)15-11-25-23(30)20-6-3-12-28-22(20)26-21-18-5-2-1-4-16(18)7-8-19(21)24(28)31/h1-8,12H,9-11,13-15H2,(H,25,30). The molecule has 4 aromatic rings. The van der Waals surface area contributed by atoms with Gasteiger partial charge in [-0.05, 0) is 23.6 Å². The lowest BCUT2D eigenvalue weighted by Gasteiger charge is -2.25. The van der Waals surface area contributed by atoms with E-state index in [0.29, 0.717) is 53.8 Å². The number of amides is 1. The van der Waals surface area contributed by atoms with Crippen molar-refractivity contribution in [3.8, 4) is 0 Å². The lowest BCUT2D eigenvalue weighted by molar-refractivity contribution is -0.121. The molecule has 1 saturated heterocycles. The average Bonchev–Trinajstić information content (AvgIpc) is 2.80. The van der Waals surface area contributed by atoms with Crippen LogP contribution in [0.15, 0.2) is 59.5 Å². The van der Waals surface area contributed by atoms with Crippen LogP contribution in [0.1, 0.15) is 23.2 Å². The quantitative estimate of drug-likeness (QED) is 0.410. The monoisotopic (exact) mass is 414 g/mol. The number of piperidine rings is 1. The lowest BCUT2D eigenvalue weighted by atomic mass is 10.1. The molecule has 0 bridgehead atoms. The fourth-order valence-corrected chi connectivity index (χ4v) is 4.19. The molecule has 1 fully saturated rings. The molecule has 2 aromatic heterocycles. The molecule has 1 amide bonds. The first-order chi connectivity index (χ1) is 15.1.